The fraction of sp³-hybridized carbons (Fsp3) is 0.429. The maximum Gasteiger partial charge on any atom is 0.0178 e. The van der Waals surface area contributed by atoms with Crippen LogP contribution in [0.1, 0.15) is 12.8 Å². The summed E-state index contributed by atoms with van der Waals surface area (Å²) >= 11 is 0. The molecule has 0 saturated heterocycles. The quantitative estimate of drug-likeness (QED) is 0.424. The maximum atomic E-state index is 2.37. The van der Waals surface area contributed by atoms with Crippen molar-refractivity contribution in [1.29, 1.82) is 0 Å². The van der Waals surface area contributed by atoms with E-state index in [1.807, 2.05) is 0 Å². The Bertz CT molecular complexity index is 208. The van der Waals surface area contributed by atoms with Gasteiger partial charge < -0.3 is 0 Å². The largest absolute Gasteiger partial charge is 0.0733 e. The van der Waals surface area contributed by atoms with E-state index in [2.05, 4.69) is 12.2 Å². The van der Waals surface area contributed by atoms with E-state index in [1.54, 1.807) is 11.1 Å². The highest BCUT2D eigenvalue weighted by molar-refractivity contribution is 5.63. The molecule has 1 atom stereocenters. The first-order chi connectivity index (χ1) is 3.41. The van der Waals surface area contributed by atoms with Crippen molar-refractivity contribution in [2.75, 3.05) is 0 Å². The van der Waals surface area contributed by atoms with Crippen LogP contribution >= 0.6 is 0 Å². The molecular formula is C7H6. The van der Waals surface area contributed by atoms with Gasteiger partial charge in [-0.15, -0.1) is 0 Å². The standard InChI is InChI=1S/C7H6/c1-2-7-3-5(1)6(7)4-7/h1-2H,3-4H2. The maximum absolute atomic E-state index is 2.37. The Hall–Kier alpha value is -0.520. The molecule has 7 heavy (non-hydrogen) atoms. The summed E-state index contributed by atoms with van der Waals surface area (Å²) in [7, 11) is 0. The molecule has 0 aromatic rings. The van der Waals surface area contributed by atoms with Crippen LogP contribution in [-0.2, 0) is 0 Å². The third-order valence-electron chi connectivity index (χ3n) is 2.47. The number of hydrogen-bond acceptors (Lipinski definition) is 0. The first kappa shape index (κ1) is 2.71. The molecule has 0 heterocycles. The van der Waals surface area contributed by atoms with Crippen LogP contribution in [0.2, 0.25) is 0 Å². The van der Waals surface area contributed by atoms with Crippen molar-refractivity contribution >= 4 is 0 Å². The second-order valence-corrected chi connectivity index (χ2v) is 2.85. The minimum Gasteiger partial charge on any atom is -0.0733 e. The second kappa shape index (κ2) is 0.459. The van der Waals surface area contributed by atoms with Gasteiger partial charge in [-0.3, -0.25) is 0 Å². The average molecular weight is 90.1 g/mol. The predicted molar refractivity (Wildman–Crippen MR) is 27.8 cm³/mol. The summed E-state index contributed by atoms with van der Waals surface area (Å²) in [5.74, 6) is 0. The van der Waals surface area contributed by atoms with Crippen molar-refractivity contribution in [3.63, 3.8) is 0 Å². The van der Waals surface area contributed by atoms with E-state index in [4.69, 9.17) is 0 Å². The molecule has 0 aliphatic heterocycles. The van der Waals surface area contributed by atoms with E-state index >= 15 is 0 Å². The monoisotopic (exact) mass is 90.0 g/mol. The van der Waals surface area contributed by atoms with Gasteiger partial charge in [0.25, 0.3) is 0 Å². The minimum absolute atomic E-state index is 0.704. The van der Waals surface area contributed by atoms with Gasteiger partial charge in [0.2, 0.25) is 0 Å². The molecule has 1 fully saturated rings. The van der Waals surface area contributed by atoms with E-state index in [-0.39, 0.29) is 0 Å². The van der Waals surface area contributed by atoms with E-state index in [0.29, 0.717) is 5.41 Å². The van der Waals surface area contributed by atoms with Crippen LogP contribution < -0.4 is 0 Å². The van der Waals surface area contributed by atoms with Crippen molar-refractivity contribution in [3.8, 4) is 0 Å². The molecule has 2 bridgehead atoms. The molecule has 4 rings (SSSR count). The topological polar surface area (TPSA) is 0 Å². The molecule has 1 spiro atoms. The Labute approximate surface area is 42.5 Å². The summed E-state index contributed by atoms with van der Waals surface area (Å²) in [6, 6.07) is 0. The highest BCUT2D eigenvalue weighted by Gasteiger charge is 2.58. The van der Waals surface area contributed by atoms with Crippen LogP contribution in [0, 0.1) is 5.41 Å². The smallest absolute Gasteiger partial charge is 0.0178 e. The summed E-state index contributed by atoms with van der Waals surface area (Å²) in [6.45, 7) is 0. The van der Waals surface area contributed by atoms with Gasteiger partial charge in [0.05, 0.1) is 0 Å². The van der Waals surface area contributed by atoms with Gasteiger partial charge >= 0.3 is 0 Å². The molecule has 4 aliphatic rings. The second-order valence-electron chi connectivity index (χ2n) is 2.85. The van der Waals surface area contributed by atoms with Crippen molar-refractivity contribution in [1.82, 2.24) is 0 Å². The third kappa shape index (κ3) is 0.120. The fourth-order valence-electron chi connectivity index (χ4n) is 1.85. The lowest BCUT2D eigenvalue weighted by molar-refractivity contribution is 0.672. The van der Waals surface area contributed by atoms with Gasteiger partial charge in [-0.1, -0.05) is 17.7 Å². The van der Waals surface area contributed by atoms with Crippen molar-refractivity contribution in [2.45, 2.75) is 12.8 Å². The molecule has 0 nitrogen and oxygen atoms in total. The van der Waals surface area contributed by atoms with Crippen LogP contribution in [0.5, 0.6) is 0 Å². The Kier molecular flexibility index (Phi) is 0.177. The van der Waals surface area contributed by atoms with Gasteiger partial charge in [-0.05, 0) is 18.4 Å². The van der Waals surface area contributed by atoms with Crippen LogP contribution in [0.25, 0.3) is 0 Å². The zero-order valence-electron chi connectivity index (χ0n) is 4.07. The van der Waals surface area contributed by atoms with Crippen LogP contribution in [-0.4, -0.2) is 0 Å². The lowest BCUT2D eigenvalue weighted by Gasteiger charge is -2.09. The zero-order valence-corrected chi connectivity index (χ0v) is 4.07. The molecule has 0 heteroatoms. The van der Waals surface area contributed by atoms with Gasteiger partial charge in [-0.2, -0.15) is 0 Å². The summed E-state index contributed by atoms with van der Waals surface area (Å²) in [6.07, 6.45) is 7.47. The molecule has 4 aliphatic carbocycles. The zero-order chi connectivity index (χ0) is 4.48. The normalized spacial score (nSPS) is 49.1. The van der Waals surface area contributed by atoms with E-state index in [0.717, 1.165) is 0 Å². The van der Waals surface area contributed by atoms with Crippen LogP contribution in [0.4, 0.5) is 0 Å². The SMILES string of the molecule is C1=CC23CC1=C2C3. The molecule has 0 aromatic heterocycles. The molecule has 1 unspecified atom stereocenters. The minimum atomic E-state index is 0.704. The highest BCUT2D eigenvalue weighted by Crippen LogP contribution is 2.71. The first-order valence-corrected chi connectivity index (χ1v) is 2.82. The Morgan fingerprint density at radius 1 is 1.43 bits per heavy atom. The van der Waals surface area contributed by atoms with Gasteiger partial charge in [-0.25, -0.2) is 0 Å². The molecular weight excluding hydrogens is 84.1 g/mol. The van der Waals surface area contributed by atoms with Gasteiger partial charge in [0.15, 0.2) is 0 Å². The predicted octanol–water partition coefficient (Wildman–Crippen LogP) is 1.65. The Morgan fingerprint density at radius 2 is 2.43 bits per heavy atom. The van der Waals surface area contributed by atoms with Crippen LogP contribution in [0.3, 0.4) is 0 Å². The van der Waals surface area contributed by atoms with Crippen molar-refractivity contribution < 1.29 is 0 Å². The van der Waals surface area contributed by atoms with E-state index < -0.39 is 0 Å². The van der Waals surface area contributed by atoms with Crippen LogP contribution in [0.15, 0.2) is 23.3 Å². The molecule has 1 saturated carbocycles. The summed E-state index contributed by atoms with van der Waals surface area (Å²) < 4.78 is 0. The lowest BCUT2D eigenvalue weighted by Crippen LogP contribution is -1.97. The average Bonchev–Trinajstić information content (AvgIpc) is 2.04. The highest BCUT2D eigenvalue weighted by atomic mass is 14.6. The van der Waals surface area contributed by atoms with Crippen molar-refractivity contribution in [2.24, 2.45) is 5.41 Å². The number of rotatable bonds is 0. The summed E-state index contributed by atoms with van der Waals surface area (Å²) in [4.78, 5) is 0. The lowest BCUT2D eigenvalue weighted by atomic mass is 9.94. The Balaban J connectivity index is 2.52. The number of allylic oxidation sites excluding steroid dienone is 4. The molecule has 0 amide bonds. The Morgan fingerprint density at radius 3 is 2.57 bits per heavy atom. The molecule has 0 N–H and O–H groups in total. The fourth-order valence-corrected chi connectivity index (χ4v) is 1.85. The van der Waals surface area contributed by atoms with E-state index in [9.17, 15) is 0 Å². The first-order valence-electron chi connectivity index (χ1n) is 2.82. The van der Waals surface area contributed by atoms with Gasteiger partial charge in [0.1, 0.15) is 0 Å². The summed E-state index contributed by atoms with van der Waals surface area (Å²) in [5, 5.41) is 0. The van der Waals surface area contributed by atoms with E-state index in [1.165, 1.54) is 12.8 Å². The number of hydrogen-bond donors (Lipinski definition) is 0. The van der Waals surface area contributed by atoms with Crippen molar-refractivity contribution in [3.05, 3.63) is 23.3 Å². The molecule has 0 aromatic carbocycles. The summed E-state index contributed by atoms with van der Waals surface area (Å²) in [5.41, 5.74) is 4.11. The van der Waals surface area contributed by atoms with Gasteiger partial charge in [0, 0.05) is 5.41 Å². The third-order valence-corrected chi connectivity index (χ3v) is 2.47. The molecule has 0 radical (unpaired) electrons. The molecule has 34 valence electrons.